The zero-order chi connectivity index (χ0) is 12.5. The largest absolute Gasteiger partial charge is 0.359 e. The second kappa shape index (κ2) is 4.46. The van der Waals surface area contributed by atoms with Gasteiger partial charge in [0.05, 0.1) is 11.7 Å². The fourth-order valence-electron chi connectivity index (χ4n) is 2.58. The number of fused-ring (bicyclic) bond motifs is 1. The number of benzene rings is 1. The van der Waals surface area contributed by atoms with E-state index in [1.54, 1.807) is 4.90 Å². The van der Waals surface area contributed by atoms with Crippen LogP contribution in [0.3, 0.4) is 0 Å². The lowest BCUT2D eigenvalue weighted by molar-refractivity contribution is -0.119. The van der Waals surface area contributed by atoms with Crippen molar-refractivity contribution in [3.8, 4) is 0 Å². The molecule has 1 aliphatic heterocycles. The van der Waals surface area contributed by atoms with Crippen LogP contribution < -0.4 is 10.2 Å². The molecule has 4 nitrogen and oxygen atoms in total. The standard InChI is InChI=1S/C14H17N3O/c1-17(14(18)12-7-4-8-15-12)13-9-16-11-6-3-2-5-10(11)13/h2-3,5-6,9,12,15-16H,4,7-8H2,1H3. The van der Waals surface area contributed by atoms with E-state index in [1.165, 1.54) is 0 Å². The second-order valence-electron chi connectivity index (χ2n) is 4.77. The van der Waals surface area contributed by atoms with Gasteiger partial charge in [0.25, 0.3) is 0 Å². The highest BCUT2D eigenvalue weighted by molar-refractivity contribution is 6.04. The van der Waals surface area contributed by atoms with E-state index in [4.69, 9.17) is 0 Å². The lowest BCUT2D eigenvalue weighted by Crippen LogP contribution is -2.41. The molecule has 94 valence electrons. The minimum absolute atomic E-state index is 0.0244. The summed E-state index contributed by atoms with van der Waals surface area (Å²) in [5.74, 6) is 0.150. The first-order chi connectivity index (χ1) is 8.77. The molecule has 1 atom stereocenters. The number of nitrogens with zero attached hydrogens (tertiary/aromatic N) is 1. The SMILES string of the molecule is CN(C(=O)C1CCCN1)c1c[nH]c2ccccc12. The fraction of sp³-hybridized carbons (Fsp3) is 0.357. The van der Waals surface area contributed by atoms with Gasteiger partial charge in [-0.25, -0.2) is 0 Å². The van der Waals surface area contributed by atoms with E-state index in [1.807, 2.05) is 37.5 Å². The normalized spacial score (nSPS) is 19.3. The number of aromatic amines is 1. The molecule has 0 radical (unpaired) electrons. The van der Waals surface area contributed by atoms with Crippen LogP contribution in [0.25, 0.3) is 10.9 Å². The van der Waals surface area contributed by atoms with Crippen LogP contribution in [0.5, 0.6) is 0 Å². The van der Waals surface area contributed by atoms with Gasteiger partial charge in [0, 0.05) is 24.1 Å². The number of nitrogens with one attached hydrogen (secondary N) is 2. The predicted octanol–water partition coefficient (Wildman–Crippen LogP) is 1.88. The second-order valence-corrected chi connectivity index (χ2v) is 4.77. The molecule has 3 rings (SSSR count). The Balaban J connectivity index is 1.91. The molecule has 0 saturated carbocycles. The van der Waals surface area contributed by atoms with Crippen LogP contribution in [-0.2, 0) is 4.79 Å². The molecular formula is C14H17N3O. The molecule has 1 amide bonds. The minimum Gasteiger partial charge on any atom is -0.359 e. The summed E-state index contributed by atoms with van der Waals surface area (Å²) in [5, 5.41) is 4.34. The number of carbonyl (C=O) groups excluding carboxylic acids is 1. The van der Waals surface area contributed by atoms with Gasteiger partial charge < -0.3 is 15.2 Å². The molecule has 4 heteroatoms. The van der Waals surface area contributed by atoms with Crippen molar-refractivity contribution in [1.82, 2.24) is 10.3 Å². The van der Waals surface area contributed by atoms with Crippen LogP contribution in [0.2, 0.25) is 0 Å². The molecule has 1 aromatic heterocycles. The average molecular weight is 243 g/mol. The first-order valence-electron chi connectivity index (χ1n) is 6.34. The highest BCUT2D eigenvalue weighted by Gasteiger charge is 2.26. The van der Waals surface area contributed by atoms with Crippen LogP contribution in [0.1, 0.15) is 12.8 Å². The van der Waals surface area contributed by atoms with Crippen molar-refractivity contribution < 1.29 is 4.79 Å². The summed E-state index contributed by atoms with van der Waals surface area (Å²) >= 11 is 0. The van der Waals surface area contributed by atoms with E-state index in [0.717, 1.165) is 36.0 Å². The minimum atomic E-state index is -0.0244. The summed E-state index contributed by atoms with van der Waals surface area (Å²) in [6.45, 7) is 0.943. The van der Waals surface area contributed by atoms with Crippen LogP contribution in [0.4, 0.5) is 5.69 Å². The molecular weight excluding hydrogens is 226 g/mol. The van der Waals surface area contributed by atoms with Crippen molar-refractivity contribution in [3.63, 3.8) is 0 Å². The molecule has 0 spiro atoms. The summed E-state index contributed by atoms with van der Waals surface area (Å²) < 4.78 is 0. The Labute approximate surface area is 106 Å². The van der Waals surface area contributed by atoms with Crippen molar-refractivity contribution >= 4 is 22.5 Å². The zero-order valence-corrected chi connectivity index (χ0v) is 10.4. The number of aromatic nitrogens is 1. The van der Waals surface area contributed by atoms with E-state index < -0.39 is 0 Å². The van der Waals surface area contributed by atoms with Gasteiger partial charge in [-0.1, -0.05) is 18.2 Å². The number of amides is 1. The maximum absolute atomic E-state index is 12.3. The van der Waals surface area contributed by atoms with E-state index in [2.05, 4.69) is 10.3 Å². The van der Waals surface area contributed by atoms with Crippen molar-refractivity contribution in [2.45, 2.75) is 18.9 Å². The molecule has 1 aromatic carbocycles. The Morgan fingerprint density at radius 3 is 3.00 bits per heavy atom. The van der Waals surface area contributed by atoms with Crippen LogP contribution >= 0.6 is 0 Å². The predicted molar refractivity (Wildman–Crippen MR) is 72.7 cm³/mol. The Morgan fingerprint density at radius 1 is 1.39 bits per heavy atom. The average Bonchev–Trinajstić information content (AvgIpc) is 3.06. The highest BCUT2D eigenvalue weighted by atomic mass is 16.2. The maximum Gasteiger partial charge on any atom is 0.243 e. The van der Waals surface area contributed by atoms with Gasteiger partial charge in [0.15, 0.2) is 0 Å². The van der Waals surface area contributed by atoms with Crippen LogP contribution in [0, 0.1) is 0 Å². The lowest BCUT2D eigenvalue weighted by Gasteiger charge is -2.20. The number of carbonyl (C=O) groups is 1. The molecule has 2 aromatic rings. The van der Waals surface area contributed by atoms with Gasteiger partial charge in [-0.2, -0.15) is 0 Å². The van der Waals surface area contributed by atoms with Gasteiger partial charge in [0.2, 0.25) is 5.91 Å². The maximum atomic E-state index is 12.3. The van der Waals surface area contributed by atoms with E-state index in [0.29, 0.717) is 0 Å². The summed E-state index contributed by atoms with van der Waals surface area (Å²) in [6.07, 6.45) is 3.92. The fourth-order valence-corrected chi connectivity index (χ4v) is 2.58. The molecule has 1 aliphatic rings. The number of rotatable bonds is 2. The van der Waals surface area contributed by atoms with E-state index in [-0.39, 0.29) is 11.9 Å². The van der Waals surface area contributed by atoms with Gasteiger partial charge in [0.1, 0.15) is 0 Å². The molecule has 1 unspecified atom stereocenters. The summed E-state index contributed by atoms with van der Waals surface area (Å²) in [6, 6.07) is 8.01. The topological polar surface area (TPSA) is 48.1 Å². The Kier molecular flexibility index (Phi) is 2.80. The molecule has 1 saturated heterocycles. The van der Waals surface area contributed by atoms with Crippen LogP contribution in [0.15, 0.2) is 30.5 Å². The van der Waals surface area contributed by atoms with Gasteiger partial charge in [-0.05, 0) is 25.5 Å². The third kappa shape index (κ3) is 1.78. The lowest BCUT2D eigenvalue weighted by atomic mass is 10.2. The van der Waals surface area contributed by atoms with Gasteiger partial charge in [-0.15, -0.1) is 0 Å². The van der Waals surface area contributed by atoms with Gasteiger partial charge >= 0.3 is 0 Å². The summed E-state index contributed by atoms with van der Waals surface area (Å²) in [7, 11) is 1.85. The first kappa shape index (κ1) is 11.3. The smallest absolute Gasteiger partial charge is 0.243 e. The Hall–Kier alpha value is -1.81. The molecule has 2 N–H and O–H groups in total. The first-order valence-corrected chi connectivity index (χ1v) is 6.34. The molecule has 1 fully saturated rings. The van der Waals surface area contributed by atoms with Crippen molar-refractivity contribution in [1.29, 1.82) is 0 Å². The molecule has 0 aliphatic carbocycles. The molecule has 18 heavy (non-hydrogen) atoms. The number of hydrogen-bond acceptors (Lipinski definition) is 2. The monoisotopic (exact) mass is 243 g/mol. The van der Waals surface area contributed by atoms with Crippen molar-refractivity contribution in [2.24, 2.45) is 0 Å². The Morgan fingerprint density at radius 2 is 2.22 bits per heavy atom. The Bertz CT molecular complexity index is 569. The van der Waals surface area contributed by atoms with E-state index >= 15 is 0 Å². The van der Waals surface area contributed by atoms with Gasteiger partial charge in [-0.3, -0.25) is 4.79 Å². The van der Waals surface area contributed by atoms with Crippen LogP contribution in [-0.4, -0.2) is 30.5 Å². The molecule has 2 heterocycles. The number of likely N-dealkylation sites (N-methyl/N-ethyl adjacent to an activating group) is 1. The zero-order valence-electron chi connectivity index (χ0n) is 10.4. The van der Waals surface area contributed by atoms with Crippen molar-refractivity contribution in [2.75, 3.05) is 18.5 Å². The molecule has 0 bridgehead atoms. The number of anilines is 1. The van der Waals surface area contributed by atoms with Crippen molar-refractivity contribution in [3.05, 3.63) is 30.5 Å². The summed E-state index contributed by atoms with van der Waals surface area (Å²) in [4.78, 5) is 17.3. The third-order valence-electron chi connectivity index (χ3n) is 3.62. The number of H-pyrrole nitrogens is 1. The third-order valence-corrected chi connectivity index (χ3v) is 3.62. The quantitative estimate of drug-likeness (QED) is 0.846. The number of para-hydroxylation sites is 1. The van der Waals surface area contributed by atoms with E-state index in [9.17, 15) is 4.79 Å². The summed E-state index contributed by atoms with van der Waals surface area (Å²) in [5.41, 5.74) is 2.01. The number of hydrogen-bond donors (Lipinski definition) is 2. The highest BCUT2D eigenvalue weighted by Crippen LogP contribution is 2.26.